The van der Waals surface area contributed by atoms with Crippen LogP contribution in [0.5, 0.6) is 11.5 Å². The van der Waals surface area contributed by atoms with Crippen molar-refractivity contribution in [3.63, 3.8) is 0 Å². The van der Waals surface area contributed by atoms with Gasteiger partial charge in [0.05, 0.1) is 14.2 Å². The number of methoxy groups -OCH3 is 2. The van der Waals surface area contributed by atoms with Crippen LogP contribution in [0.25, 0.3) is 10.9 Å². The van der Waals surface area contributed by atoms with Gasteiger partial charge in [0.25, 0.3) is 0 Å². The molecule has 1 aromatic heterocycles. The molecule has 2 N–H and O–H groups in total. The van der Waals surface area contributed by atoms with Crippen LogP contribution in [-0.2, 0) is 17.9 Å². The highest BCUT2D eigenvalue weighted by molar-refractivity contribution is 5.84. The first-order valence-electron chi connectivity index (χ1n) is 9.71. The van der Waals surface area contributed by atoms with Crippen molar-refractivity contribution < 1.29 is 14.3 Å². The first-order chi connectivity index (χ1) is 13.9. The summed E-state index contributed by atoms with van der Waals surface area (Å²) >= 11 is 0. The SMILES string of the molecule is COc1ccc([C@@H](C)N(C)Cc2cn(CCC(N)=O)c3ccccc23)c(OC)c1. The van der Waals surface area contributed by atoms with Crippen molar-refractivity contribution in [3.8, 4) is 11.5 Å². The molecular weight excluding hydrogens is 366 g/mol. The molecule has 1 heterocycles. The van der Waals surface area contributed by atoms with Crippen molar-refractivity contribution in [2.75, 3.05) is 21.3 Å². The van der Waals surface area contributed by atoms with E-state index in [1.165, 1.54) is 10.9 Å². The normalized spacial score (nSPS) is 12.3. The van der Waals surface area contributed by atoms with Crippen molar-refractivity contribution in [1.29, 1.82) is 0 Å². The van der Waals surface area contributed by atoms with Crippen LogP contribution in [0.1, 0.15) is 30.5 Å². The molecule has 0 bridgehead atoms. The second-order valence-corrected chi connectivity index (χ2v) is 7.28. The molecule has 29 heavy (non-hydrogen) atoms. The number of rotatable bonds is 9. The van der Waals surface area contributed by atoms with Crippen LogP contribution in [-0.4, -0.2) is 36.6 Å². The fraction of sp³-hybridized carbons (Fsp3) is 0.348. The number of primary amides is 1. The van der Waals surface area contributed by atoms with Gasteiger partial charge in [-0.2, -0.15) is 0 Å². The number of hydrogen-bond donors (Lipinski definition) is 1. The Bertz CT molecular complexity index is 996. The number of fused-ring (bicyclic) bond motifs is 1. The molecule has 0 spiro atoms. The molecule has 0 fully saturated rings. The number of ether oxygens (including phenoxy) is 2. The topological polar surface area (TPSA) is 69.7 Å². The van der Waals surface area contributed by atoms with Crippen molar-refractivity contribution in [1.82, 2.24) is 9.47 Å². The van der Waals surface area contributed by atoms with Gasteiger partial charge in [-0.25, -0.2) is 0 Å². The number of carbonyl (C=O) groups is 1. The number of nitrogens with two attached hydrogens (primary N) is 1. The molecule has 0 aliphatic rings. The average Bonchev–Trinajstić information content (AvgIpc) is 3.08. The number of carbonyl (C=O) groups excluding carboxylic acids is 1. The van der Waals surface area contributed by atoms with Crippen molar-refractivity contribution in [3.05, 3.63) is 59.8 Å². The minimum atomic E-state index is -0.290. The summed E-state index contributed by atoms with van der Waals surface area (Å²) in [5.41, 5.74) is 8.78. The minimum absolute atomic E-state index is 0.142. The van der Waals surface area contributed by atoms with Gasteiger partial charge in [0.2, 0.25) is 5.91 Å². The van der Waals surface area contributed by atoms with Crippen LogP contribution in [0, 0.1) is 0 Å². The molecule has 3 aromatic rings. The maximum atomic E-state index is 11.2. The van der Waals surface area contributed by atoms with Gasteiger partial charge in [-0.05, 0) is 31.7 Å². The van der Waals surface area contributed by atoms with E-state index in [-0.39, 0.29) is 11.9 Å². The Hall–Kier alpha value is -2.99. The summed E-state index contributed by atoms with van der Waals surface area (Å²) in [6, 6.07) is 14.3. The van der Waals surface area contributed by atoms with Gasteiger partial charge in [-0.15, -0.1) is 0 Å². The van der Waals surface area contributed by atoms with Crippen molar-refractivity contribution in [2.24, 2.45) is 5.73 Å². The molecule has 0 saturated heterocycles. The summed E-state index contributed by atoms with van der Waals surface area (Å²) in [7, 11) is 5.43. The number of nitrogens with zero attached hydrogens (tertiary/aromatic N) is 2. The molecule has 0 aliphatic carbocycles. The number of aromatic nitrogens is 1. The third-order valence-corrected chi connectivity index (χ3v) is 5.44. The largest absolute Gasteiger partial charge is 0.497 e. The molecule has 0 saturated carbocycles. The second kappa shape index (κ2) is 9.01. The number of benzene rings is 2. The Balaban J connectivity index is 1.86. The number of hydrogen-bond acceptors (Lipinski definition) is 4. The van der Waals surface area contributed by atoms with Gasteiger partial charge >= 0.3 is 0 Å². The quantitative estimate of drug-likeness (QED) is 0.599. The Morgan fingerprint density at radius 2 is 1.93 bits per heavy atom. The molecule has 6 heteroatoms. The van der Waals surface area contributed by atoms with E-state index in [2.05, 4.69) is 47.8 Å². The van der Waals surface area contributed by atoms with Gasteiger partial charge in [0, 0.05) is 54.3 Å². The van der Waals surface area contributed by atoms with Crippen molar-refractivity contribution in [2.45, 2.75) is 32.5 Å². The van der Waals surface area contributed by atoms with E-state index in [1.807, 2.05) is 24.3 Å². The van der Waals surface area contributed by atoms with E-state index >= 15 is 0 Å². The Kier molecular flexibility index (Phi) is 6.44. The predicted octanol–water partition coefficient (Wildman–Crippen LogP) is 3.73. The highest BCUT2D eigenvalue weighted by Gasteiger charge is 2.19. The average molecular weight is 396 g/mol. The highest BCUT2D eigenvalue weighted by Crippen LogP contribution is 2.33. The van der Waals surface area contributed by atoms with Crippen LogP contribution in [0.15, 0.2) is 48.7 Å². The summed E-state index contributed by atoms with van der Waals surface area (Å²) in [4.78, 5) is 13.5. The van der Waals surface area contributed by atoms with Gasteiger partial charge in [0.1, 0.15) is 11.5 Å². The van der Waals surface area contributed by atoms with E-state index in [0.717, 1.165) is 29.1 Å². The number of aryl methyl sites for hydroxylation is 1. The summed E-state index contributed by atoms with van der Waals surface area (Å²) in [6.07, 6.45) is 2.45. The molecule has 0 radical (unpaired) electrons. The third-order valence-electron chi connectivity index (χ3n) is 5.44. The van der Waals surface area contributed by atoms with Gasteiger partial charge in [-0.3, -0.25) is 9.69 Å². The van der Waals surface area contributed by atoms with Gasteiger partial charge in [0.15, 0.2) is 0 Å². The Labute approximate surface area is 171 Å². The van der Waals surface area contributed by atoms with E-state index < -0.39 is 0 Å². The lowest BCUT2D eigenvalue weighted by molar-refractivity contribution is -0.118. The monoisotopic (exact) mass is 395 g/mol. The third kappa shape index (κ3) is 4.54. The van der Waals surface area contributed by atoms with E-state index in [4.69, 9.17) is 15.2 Å². The Morgan fingerprint density at radius 1 is 1.17 bits per heavy atom. The first-order valence-corrected chi connectivity index (χ1v) is 9.71. The lowest BCUT2D eigenvalue weighted by Crippen LogP contribution is -2.22. The standard InChI is InChI=1S/C23H29N3O3/c1-16(19-10-9-18(28-3)13-22(19)29-4)25(2)14-17-15-26(12-11-23(24)27)21-8-6-5-7-20(17)21/h5-10,13,15-16H,11-12,14H2,1-4H3,(H2,24,27)/t16-/m1/s1. The zero-order valence-electron chi connectivity index (χ0n) is 17.5. The first kappa shape index (κ1) is 20.7. The molecule has 6 nitrogen and oxygen atoms in total. The minimum Gasteiger partial charge on any atom is -0.497 e. The molecule has 2 aromatic carbocycles. The fourth-order valence-corrected chi connectivity index (χ4v) is 3.67. The summed E-state index contributed by atoms with van der Waals surface area (Å²) < 4.78 is 13.0. The summed E-state index contributed by atoms with van der Waals surface area (Å²) in [6.45, 7) is 3.51. The number of amides is 1. The van der Waals surface area contributed by atoms with E-state index in [1.54, 1.807) is 14.2 Å². The molecule has 1 atom stereocenters. The lowest BCUT2D eigenvalue weighted by atomic mass is 10.0. The molecule has 0 unspecified atom stereocenters. The zero-order chi connectivity index (χ0) is 21.0. The fourth-order valence-electron chi connectivity index (χ4n) is 3.67. The van der Waals surface area contributed by atoms with Gasteiger partial charge < -0.3 is 19.8 Å². The van der Waals surface area contributed by atoms with Gasteiger partial charge in [-0.1, -0.05) is 24.3 Å². The maximum Gasteiger partial charge on any atom is 0.219 e. The molecular formula is C23H29N3O3. The Morgan fingerprint density at radius 3 is 2.62 bits per heavy atom. The number of para-hydroxylation sites is 1. The van der Waals surface area contributed by atoms with E-state index in [9.17, 15) is 4.79 Å². The second-order valence-electron chi connectivity index (χ2n) is 7.28. The molecule has 0 aliphatic heterocycles. The summed E-state index contributed by atoms with van der Waals surface area (Å²) in [5.74, 6) is 1.30. The van der Waals surface area contributed by atoms with Crippen LogP contribution in [0.3, 0.4) is 0 Å². The van der Waals surface area contributed by atoms with Crippen LogP contribution >= 0.6 is 0 Å². The molecule has 3 rings (SSSR count). The van der Waals surface area contributed by atoms with Crippen LogP contribution < -0.4 is 15.2 Å². The lowest BCUT2D eigenvalue weighted by Gasteiger charge is -2.26. The molecule has 1 amide bonds. The smallest absolute Gasteiger partial charge is 0.219 e. The van der Waals surface area contributed by atoms with E-state index in [0.29, 0.717) is 13.0 Å². The van der Waals surface area contributed by atoms with Crippen LogP contribution in [0.2, 0.25) is 0 Å². The predicted molar refractivity (Wildman–Crippen MR) is 115 cm³/mol. The maximum absolute atomic E-state index is 11.2. The van der Waals surface area contributed by atoms with Crippen LogP contribution in [0.4, 0.5) is 0 Å². The summed E-state index contributed by atoms with van der Waals surface area (Å²) in [5, 5.41) is 1.19. The zero-order valence-corrected chi connectivity index (χ0v) is 17.5. The molecule has 154 valence electrons. The highest BCUT2D eigenvalue weighted by atomic mass is 16.5. The van der Waals surface area contributed by atoms with Crippen molar-refractivity contribution >= 4 is 16.8 Å².